The van der Waals surface area contributed by atoms with E-state index in [9.17, 15) is 17.6 Å². The number of benzene rings is 1. The summed E-state index contributed by atoms with van der Waals surface area (Å²) < 4.78 is 39.1. The lowest BCUT2D eigenvalue weighted by atomic mass is 10.1. The lowest BCUT2D eigenvalue weighted by molar-refractivity contribution is -0.121. The fourth-order valence-electron chi connectivity index (χ4n) is 2.28. The first-order chi connectivity index (χ1) is 11.4. The molecule has 4 nitrogen and oxygen atoms in total. The Labute approximate surface area is 145 Å². The number of unbranched alkanes of at least 4 members (excludes halogenated alkanes) is 1. The minimum absolute atomic E-state index is 0.0333. The van der Waals surface area contributed by atoms with Crippen LogP contribution in [-0.4, -0.2) is 20.9 Å². The predicted octanol–water partition coefficient (Wildman–Crippen LogP) is 3.71. The van der Waals surface area contributed by atoms with E-state index in [1.165, 1.54) is 30.3 Å². The fourth-order valence-corrected chi connectivity index (χ4v) is 5.15. The predicted molar refractivity (Wildman–Crippen MR) is 93.2 cm³/mol. The van der Waals surface area contributed by atoms with Gasteiger partial charge in [0.05, 0.1) is 0 Å². The molecule has 24 heavy (non-hydrogen) atoms. The third kappa shape index (κ3) is 4.64. The molecular formula is C17H20FNO3S2. The highest BCUT2D eigenvalue weighted by Gasteiger charge is 2.30. The van der Waals surface area contributed by atoms with Crippen molar-refractivity contribution in [2.75, 3.05) is 6.54 Å². The molecule has 0 aliphatic rings. The quantitative estimate of drug-likeness (QED) is 0.771. The SMILES string of the molecule is CCCCC(=O)NC[C@@H](c1ccc(F)cc1)S(=O)(=O)c1cccs1. The normalized spacial score (nSPS) is 12.8. The number of sulfone groups is 1. The molecule has 1 N–H and O–H groups in total. The average Bonchev–Trinajstić information content (AvgIpc) is 3.10. The van der Waals surface area contributed by atoms with Gasteiger partial charge < -0.3 is 5.32 Å². The van der Waals surface area contributed by atoms with Gasteiger partial charge in [0.2, 0.25) is 5.91 Å². The molecule has 0 bridgehead atoms. The van der Waals surface area contributed by atoms with E-state index in [2.05, 4.69) is 5.32 Å². The number of carbonyl (C=O) groups is 1. The molecule has 2 rings (SSSR count). The summed E-state index contributed by atoms with van der Waals surface area (Å²) in [4.78, 5) is 11.8. The molecule has 1 atom stereocenters. The zero-order chi connectivity index (χ0) is 17.6. The maximum absolute atomic E-state index is 13.2. The average molecular weight is 369 g/mol. The van der Waals surface area contributed by atoms with Gasteiger partial charge in [-0.05, 0) is 35.6 Å². The summed E-state index contributed by atoms with van der Waals surface area (Å²) in [6.07, 6.45) is 2.01. The van der Waals surface area contributed by atoms with Crippen molar-refractivity contribution in [2.24, 2.45) is 0 Å². The van der Waals surface area contributed by atoms with Crippen LogP contribution in [0.2, 0.25) is 0 Å². The van der Waals surface area contributed by atoms with E-state index in [4.69, 9.17) is 0 Å². The van der Waals surface area contributed by atoms with Crippen molar-refractivity contribution in [3.8, 4) is 0 Å². The number of carbonyl (C=O) groups excluding carboxylic acids is 1. The van der Waals surface area contributed by atoms with Gasteiger partial charge >= 0.3 is 0 Å². The van der Waals surface area contributed by atoms with Crippen molar-refractivity contribution in [3.63, 3.8) is 0 Å². The maximum atomic E-state index is 13.2. The molecule has 130 valence electrons. The number of hydrogen-bond donors (Lipinski definition) is 1. The molecule has 0 saturated heterocycles. The van der Waals surface area contributed by atoms with E-state index in [1.54, 1.807) is 11.4 Å². The molecule has 1 amide bonds. The minimum atomic E-state index is -3.66. The van der Waals surface area contributed by atoms with Crippen LogP contribution >= 0.6 is 11.3 Å². The van der Waals surface area contributed by atoms with E-state index >= 15 is 0 Å². The van der Waals surface area contributed by atoms with Gasteiger partial charge in [0.15, 0.2) is 9.84 Å². The van der Waals surface area contributed by atoms with Gasteiger partial charge in [-0.2, -0.15) is 0 Å². The Morgan fingerprint density at radius 2 is 1.96 bits per heavy atom. The zero-order valence-electron chi connectivity index (χ0n) is 13.4. The van der Waals surface area contributed by atoms with Crippen molar-refractivity contribution in [3.05, 3.63) is 53.2 Å². The van der Waals surface area contributed by atoms with Crippen molar-refractivity contribution < 1.29 is 17.6 Å². The van der Waals surface area contributed by atoms with Crippen LogP contribution in [0.15, 0.2) is 46.0 Å². The Morgan fingerprint density at radius 3 is 2.54 bits per heavy atom. The van der Waals surface area contributed by atoms with Crippen molar-refractivity contribution >= 4 is 27.1 Å². The smallest absolute Gasteiger partial charge is 0.220 e. The van der Waals surface area contributed by atoms with Crippen LogP contribution < -0.4 is 5.32 Å². The number of amides is 1. The number of hydrogen-bond acceptors (Lipinski definition) is 4. The molecule has 0 spiro atoms. The van der Waals surface area contributed by atoms with Crippen LogP contribution in [0.5, 0.6) is 0 Å². The van der Waals surface area contributed by atoms with E-state index in [0.717, 1.165) is 24.2 Å². The Kier molecular flexibility index (Phi) is 6.51. The minimum Gasteiger partial charge on any atom is -0.354 e. The summed E-state index contributed by atoms with van der Waals surface area (Å²) in [5.41, 5.74) is 0.459. The Bertz CT molecular complexity index is 756. The second-order valence-corrected chi connectivity index (χ2v) is 8.73. The first-order valence-electron chi connectivity index (χ1n) is 7.74. The standard InChI is InChI=1S/C17H20FNO3S2/c1-2-3-5-16(20)19-12-15(13-7-9-14(18)10-8-13)24(21,22)17-6-4-11-23-17/h4,6-11,15H,2-3,5,12H2,1H3,(H,19,20)/t15-/m0/s1. The molecule has 1 aromatic heterocycles. The lowest BCUT2D eigenvalue weighted by Gasteiger charge is -2.18. The second-order valence-electron chi connectivity index (χ2n) is 5.42. The first-order valence-corrected chi connectivity index (χ1v) is 10.2. The second kappa shape index (κ2) is 8.39. The Hall–Kier alpha value is -1.73. The highest BCUT2D eigenvalue weighted by molar-refractivity contribution is 7.93. The summed E-state index contributed by atoms with van der Waals surface area (Å²) in [5.74, 6) is -0.608. The summed E-state index contributed by atoms with van der Waals surface area (Å²) in [6.45, 7) is 1.95. The summed E-state index contributed by atoms with van der Waals surface area (Å²) in [5, 5.41) is 3.44. The number of rotatable bonds is 8. The summed E-state index contributed by atoms with van der Waals surface area (Å²) in [6, 6.07) is 8.55. The molecule has 0 aliphatic carbocycles. The van der Waals surface area contributed by atoms with Crippen molar-refractivity contribution in [1.82, 2.24) is 5.32 Å². The van der Waals surface area contributed by atoms with Crippen LogP contribution in [0.25, 0.3) is 0 Å². The van der Waals surface area contributed by atoms with Gasteiger partial charge in [-0.25, -0.2) is 12.8 Å². The van der Waals surface area contributed by atoms with Crippen LogP contribution in [0.3, 0.4) is 0 Å². The van der Waals surface area contributed by atoms with Gasteiger partial charge in [-0.15, -0.1) is 11.3 Å². The van der Waals surface area contributed by atoms with Gasteiger partial charge in [-0.3, -0.25) is 4.79 Å². The Balaban J connectivity index is 2.25. The van der Waals surface area contributed by atoms with Crippen LogP contribution in [0.1, 0.15) is 37.0 Å². The molecule has 0 radical (unpaired) electrons. The zero-order valence-corrected chi connectivity index (χ0v) is 15.0. The molecule has 0 fully saturated rings. The van der Waals surface area contributed by atoms with E-state index in [-0.39, 0.29) is 16.7 Å². The highest BCUT2D eigenvalue weighted by atomic mass is 32.2. The lowest BCUT2D eigenvalue weighted by Crippen LogP contribution is -2.31. The van der Waals surface area contributed by atoms with Crippen LogP contribution in [0, 0.1) is 5.82 Å². The molecule has 0 saturated carbocycles. The molecular weight excluding hydrogens is 349 g/mol. The molecule has 0 unspecified atom stereocenters. The van der Waals surface area contributed by atoms with E-state index in [1.807, 2.05) is 6.92 Å². The van der Waals surface area contributed by atoms with Gasteiger partial charge in [0.1, 0.15) is 15.3 Å². The van der Waals surface area contributed by atoms with Gasteiger partial charge in [0, 0.05) is 13.0 Å². The van der Waals surface area contributed by atoms with Crippen LogP contribution in [-0.2, 0) is 14.6 Å². The molecule has 0 aliphatic heterocycles. The summed E-state index contributed by atoms with van der Waals surface area (Å²) in [7, 11) is -3.66. The third-order valence-electron chi connectivity index (χ3n) is 3.63. The van der Waals surface area contributed by atoms with Gasteiger partial charge in [0.25, 0.3) is 0 Å². The Morgan fingerprint density at radius 1 is 1.25 bits per heavy atom. The molecule has 2 aromatic rings. The third-order valence-corrected chi connectivity index (χ3v) is 7.17. The molecule has 7 heteroatoms. The fraction of sp³-hybridized carbons (Fsp3) is 0.353. The van der Waals surface area contributed by atoms with Gasteiger partial charge in [-0.1, -0.05) is 31.5 Å². The number of halogens is 1. The largest absolute Gasteiger partial charge is 0.354 e. The molecule has 1 aromatic carbocycles. The number of nitrogens with one attached hydrogen (secondary N) is 1. The summed E-state index contributed by atoms with van der Waals surface area (Å²) >= 11 is 1.13. The van der Waals surface area contributed by atoms with Crippen LogP contribution in [0.4, 0.5) is 4.39 Å². The van der Waals surface area contributed by atoms with E-state index < -0.39 is 20.9 Å². The highest BCUT2D eigenvalue weighted by Crippen LogP contribution is 2.31. The number of thiophene rings is 1. The van der Waals surface area contributed by atoms with E-state index in [0.29, 0.717) is 12.0 Å². The monoisotopic (exact) mass is 369 g/mol. The first kappa shape index (κ1) is 18.6. The van der Waals surface area contributed by atoms with Crippen molar-refractivity contribution in [1.29, 1.82) is 0 Å². The maximum Gasteiger partial charge on any atom is 0.220 e. The van der Waals surface area contributed by atoms with Crippen molar-refractivity contribution in [2.45, 2.75) is 35.6 Å². The molecule has 1 heterocycles. The topological polar surface area (TPSA) is 63.2 Å².